The molecule has 0 saturated carbocycles. The molecule has 0 radical (unpaired) electrons. The van der Waals surface area contributed by atoms with Crippen LogP contribution in [0.15, 0.2) is 88.2 Å². The fraction of sp³-hybridized carbons (Fsp3) is 0.200. The molecule has 1 unspecified atom stereocenters. The molecule has 3 rings (SSSR count). The molecule has 0 aliphatic heterocycles. The van der Waals surface area contributed by atoms with Gasteiger partial charge < -0.3 is 10.1 Å². The molecule has 0 spiro atoms. The topological polar surface area (TPSA) is 102 Å². The number of amides is 1. The smallest absolute Gasteiger partial charge is 0.305 e. The molecular formula is C25H25BrN2O5S. The Kier molecular flexibility index (Phi) is 8.98. The highest BCUT2D eigenvalue weighted by atomic mass is 79.9. The predicted molar refractivity (Wildman–Crippen MR) is 134 cm³/mol. The number of nitrogens with one attached hydrogen (secondary N) is 2. The molecule has 3 aromatic rings. The van der Waals surface area contributed by atoms with E-state index < -0.39 is 22.0 Å². The Morgan fingerprint density at radius 2 is 1.56 bits per heavy atom. The van der Waals surface area contributed by atoms with Crippen LogP contribution in [0.3, 0.4) is 0 Å². The van der Waals surface area contributed by atoms with Gasteiger partial charge in [-0.15, -0.1) is 0 Å². The highest BCUT2D eigenvalue weighted by molar-refractivity contribution is 9.10. The zero-order valence-corrected chi connectivity index (χ0v) is 20.9. The minimum Gasteiger partial charge on any atom is -0.469 e. The molecule has 0 saturated heterocycles. The Morgan fingerprint density at radius 3 is 2.18 bits per heavy atom. The van der Waals surface area contributed by atoms with E-state index in [1.165, 1.54) is 19.2 Å². The lowest BCUT2D eigenvalue weighted by Crippen LogP contribution is -2.45. The summed E-state index contributed by atoms with van der Waals surface area (Å²) in [7, 11) is -2.59. The highest BCUT2D eigenvalue weighted by Crippen LogP contribution is 2.17. The average molecular weight is 545 g/mol. The first kappa shape index (κ1) is 25.6. The van der Waals surface area contributed by atoms with Crippen molar-refractivity contribution in [1.29, 1.82) is 0 Å². The Morgan fingerprint density at radius 1 is 0.912 bits per heavy atom. The molecule has 178 valence electrons. The van der Waals surface area contributed by atoms with Gasteiger partial charge in [0.15, 0.2) is 0 Å². The summed E-state index contributed by atoms with van der Waals surface area (Å²) in [5.74, 6) is -0.772. The molecule has 0 aliphatic rings. The van der Waals surface area contributed by atoms with Gasteiger partial charge in [-0.25, -0.2) is 8.42 Å². The summed E-state index contributed by atoms with van der Waals surface area (Å²) < 4.78 is 33.8. The summed E-state index contributed by atoms with van der Waals surface area (Å²) in [5, 5.41) is 2.78. The second-order valence-corrected chi connectivity index (χ2v) is 10.2. The van der Waals surface area contributed by atoms with Crippen LogP contribution in [0.25, 0.3) is 0 Å². The number of rotatable bonds is 10. The summed E-state index contributed by atoms with van der Waals surface area (Å²) >= 11 is 3.29. The zero-order chi connectivity index (χ0) is 24.6. The number of esters is 1. The zero-order valence-electron chi connectivity index (χ0n) is 18.5. The third kappa shape index (κ3) is 7.51. The largest absolute Gasteiger partial charge is 0.469 e. The summed E-state index contributed by atoms with van der Waals surface area (Å²) in [6, 6.07) is 21.4. The van der Waals surface area contributed by atoms with Crippen molar-refractivity contribution in [2.45, 2.75) is 30.2 Å². The Hall–Kier alpha value is -3.01. The number of carbonyl (C=O) groups excluding carboxylic acids is 2. The number of aryl methyl sites for hydroxylation is 1. The molecular weight excluding hydrogens is 520 g/mol. The summed E-state index contributed by atoms with van der Waals surface area (Å²) in [6.07, 6.45) is 0.962. The number of anilines is 1. The van der Waals surface area contributed by atoms with Crippen LogP contribution in [-0.2, 0) is 37.2 Å². The van der Waals surface area contributed by atoms with Gasteiger partial charge in [0, 0.05) is 16.6 Å². The van der Waals surface area contributed by atoms with Crippen molar-refractivity contribution < 1.29 is 22.7 Å². The van der Waals surface area contributed by atoms with Crippen molar-refractivity contribution in [3.63, 3.8) is 0 Å². The lowest BCUT2D eigenvalue weighted by Gasteiger charge is -2.19. The Bertz CT molecular complexity index is 1210. The van der Waals surface area contributed by atoms with Gasteiger partial charge in [-0.1, -0.05) is 58.4 Å². The van der Waals surface area contributed by atoms with Gasteiger partial charge in [-0.3, -0.25) is 9.59 Å². The van der Waals surface area contributed by atoms with Gasteiger partial charge in [-0.05, 0) is 60.4 Å². The van der Waals surface area contributed by atoms with Crippen LogP contribution in [-0.4, -0.2) is 33.4 Å². The van der Waals surface area contributed by atoms with Crippen molar-refractivity contribution in [3.05, 3.63) is 94.5 Å². The lowest BCUT2D eigenvalue weighted by atomic mass is 10.1. The standard InChI is InChI=1S/C25H25BrN2O5S/c1-33-24(29)16-9-18-7-12-21(13-8-18)27-25(30)23(17-19-5-3-2-4-6-19)28-34(31,32)22-14-10-20(26)11-15-22/h2-8,10-15,23,28H,9,16-17H2,1H3,(H,27,30). The quantitative estimate of drug-likeness (QED) is 0.374. The maximum atomic E-state index is 13.1. The summed E-state index contributed by atoms with van der Waals surface area (Å²) in [4.78, 5) is 24.5. The summed E-state index contributed by atoms with van der Waals surface area (Å²) in [5.41, 5.74) is 2.26. The molecule has 1 atom stereocenters. The minimum atomic E-state index is -3.93. The van der Waals surface area contributed by atoms with Crippen LogP contribution in [0, 0.1) is 0 Å². The minimum absolute atomic E-state index is 0.0662. The van der Waals surface area contributed by atoms with Crippen LogP contribution in [0.2, 0.25) is 0 Å². The second kappa shape index (κ2) is 11.9. The number of carbonyl (C=O) groups is 2. The lowest BCUT2D eigenvalue weighted by molar-refractivity contribution is -0.140. The van der Waals surface area contributed by atoms with Crippen LogP contribution in [0.5, 0.6) is 0 Å². The molecule has 2 N–H and O–H groups in total. The van der Waals surface area contributed by atoms with E-state index in [1.807, 2.05) is 30.3 Å². The number of halogens is 1. The van der Waals surface area contributed by atoms with E-state index in [2.05, 4.69) is 30.7 Å². The van der Waals surface area contributed by atoms with Gasteiger partial charge in [0.05, 0.1) is 12.0 Å². The van der Waals surface area contributed by atoms with E-state index in [0.717, 1.165) is 15.6 Å². The molecule has 0 heterocycles. The number of ether oxygens (including phenoxy) is 1. The molecule has 0 aromatic heterocycles. The van der Waals surface area contributed by atoms with Crippen molar-refractivity contribution in [2.24, 2.45) is 0 Å². The SMILES string of the molecule is COC(=O)CCc1ccc(NC(=O)C(Cc2ccccc2)NS(=O)(=O)c2ccc(Br)cc2)cc1. The molecule has 7 nitrogen and oxygen atoms in total. The molecule has 0 fully saturated rings. The highest BCUT2D eigenvalue weighted by Gasteiger charge is 2.26. The first-order chi connectivity index (χ1) is 16.3. The van der Waals surface area contributed by atoms with E-state index in [0.29, 0.717) is 12.1 Å². The maximum absolute atomic E-state index is 13.1. The van der Waals surface area contributed by atoms with Crippen molar-refractivity contribution >= 4 is 43.5 Å². The van der Waals surface area contributed by atoms with Crippen molar-refractivity contribution in [1.82, 2.24) is 4.72 Å². The second-order valence-electron chi connectivity index (χ2n) is 7.58. The number of benzene rings is 3. The van der Waals surface area contributed by atoms with Crippen molar-refractivity contribution in [3.8, 4) is 0 Å². The van der Waals surface area contributed by atoms with Gasteiger partial charge in [-0.2, -0.15) is 4.72 Å². The fourth-order valence-corrected chi connectivity index (χ4v) is 4.70. The Balaban J connectivity index is 1.75. The molecule has 3 aromatic carbocycles. The van der Waals surface area contributed by atoms with Gasteiger partial charge in [0.25, 0.3) is 0 Å². The van der Waals surface area contributed by atoms with Gasteiger partial charge >= 0.3 is 5.97 Å². The Labute approximate surface area is 207 Å². The first-order valence-corrected chi connectivity index (χ1v) is 12.8. The average Bonchev–Trinajstić information content (AvgIpc) is 2.83. The molecule has 1 amide bonds. The van der Waals surface area contributed by atoms with Crippen LogP contribution in [0.4, 0.5) is 5.69 Å². The number of hydrogen-bond donors (Lipinski definition) is 2. The third-order valence-corrected chi connectivity index (χ3v) is 7.10. The molecule has 0 aliphatic carbocycles. The number of methoxy groups -OCH3 is 1. The summed E-state index contributed by atoms with van der Waals surface area (Å²) in [6.45, 7) is 0. The van der Waals surface area contributed by atoms with Crippen LogP contribution >= 0.6 is 15.9 Å². The van der Waals surface area contributed by atoms with E-state index in [4.69, 9.17) is 0 Å². The molecule has 34 heavy (non-hydrogen) atoms. The van der Waals surface area contributed by atoms with Gasteiger partial charge in [0.2, 0.25) is 15.9 Å². The van der Waals surface area contributed by atoms with E-state index >= 15 is 0 Å². The third-order valence-electron chi connectivity index (χ3n) is 5.09. The van der Waals surface area contributed by atoms with Crippen molar-refractivity contribution in [2.75, 3.05) is 12.4 Å². The van der Waals surface area contributed by atoms with E-state index in [9.17, 15) is 18.0 Å². The molecule has 9 heteroatoms. The number of hydrogen-bond acceptors (Lipinski definition) is 5. The maximum Gasteiger partial charge on any atom is 0.305 e. The normalized spacial score (nSPS) is 12.1. The molecule has 0 bridgehead atoms. The number of sulfonamides is 1. The van der Waals surface area contributed by atoms with E-state index in [-0.39, 0.29) is 23.7 Å². The van der Waals surface area contributed by atoms with Crippen LogP contribution < -0.4 is 10.0 Å². The fourth-order valence-electron chi connectivity index (χ4n) is 3.24. The van der Waals surface area contributed by atoms with E-state index in [1.54, 1.807) is 36.4 Å². The first-order valence-electron chi connectivity index (χ1n) is 10.6. The predicted octanol–water partition coefficient (Wildman–Crippen LogP) is 4.08. The van der Waals surface area contributed by atoms with Crippen LogP contribution in [0.1, 0.15) is 17.5 Å². The van der Waals surface area contributed by atoms with Gasteiger partial charge in [0.1, 0.15) is 6.04 Å². The monoisotopic (exact) mass is 544 g/mol.